The summed E-state index contributed by atoms with van der Waals surface area (Å²) in [7, 11) is 0. The summed E-state index contributed by atoms with van der Waals surface area (Å²) in [4.78, 5) is 22.6. The number of carbonyl (C=O) groups excluding carboxylic acids is 1. The molecule has 3 aromatic heterocycles. The van der Waals surface area contributed by atoms with Crippen molar-refractivity contribution in [2.45, 2.75) is 18.8 Å². The van der Waals surface area contributed by atoms with E-state index >= 15 is 0 Å². The topological polar surface area (TPSA) is 61.9 Å². The average Bonchev–Trinajstić information content (AvgIpc) is 3.24. The van der Waals surface area contributed by atoms with Gasteiger partial charge in [0.25, 0.3) is 5.91 Å². The lowest BCUT2D eigenvalue weighted by Gasteiger charge is -2.31. The first kappa shape index (κ1) is 13.5. The van der Waals surface area contributed by atoms with Gasteiger partial charge in [0.2, 0.25) is 0 Å². The lowest BCUT2D eigenvalue weighted by molar-refractivity contribution is 0.0718. The lowest BCUT2D eigenvalue weighted by atomic mass is 9.89. The van der Waals surface area contributed by atoms with Crippen LogP contribution in [-0.4, -0.2) is 38.2 Å². The summed E-state index contributed by atoms with van der Waals surface area (Å²) < 4.78 is 4.01. The number of carbonyl (C=O) groups is 1. The van der Waals surface area contributed by atoms with Gasteiger partial charge in [0.15, 0.2) is 0 Å². The number of hydrogen-bond acceptors (Lipinski definition) is 4. The molecule has 1 aliphatic heterocycles. The summed E-state index contributed by atoms with van der Waals surface area (Å²) in [6, 6.07) is 5.88. The molecule has 112 valence electrons. The standard InChI is InChI=1S/C16H16N4OS/c21-16(14-3-7-19-22-14)20-8-4-11(5-9-20)13-10-18-15-12(13)2-1-6-17-15/h1-3,6-7,10-11H,4-5,8-9H2,(H,17,18). The third-order valence-corrected chi connectivity index (χ3v) is 5.09. The number of aromatic nitrogens is 3. The Balaban J connectivity index is 1.49. The predicted molar refractivity (Wildman–Crippen MR) is 86.1 cm³/mol. The van der Waals surface area contributed by atoms with Crippen molar-refractivity contribution < 1.29 is 4.79 Å². The van der Waals surface area contributed by atoms with Crippen LogP contribution in [0.3, 0.4) is 0 Å². The van der Waals surface area contributed by atoms with E-state index < -0.39 is 0 Å². The van der Waals surface area contributed by atoms with Gasteiger partial charge < -0.3 is 9.88 Å². The van der Waals surface area contributed by atoms with Crippen LogP contribution < -0.4 is 0 Å². The number of hydrogen-bond donors (Lipinski definition) is 1. The van der Waals surface area contributed by atoms with Gasteiger partial charge in [-0.15, -0.1) is 0 Å². The summed E-state index contributed by atoms with van der Waals surface area (Å²) >= 11 is 1.27. The molecule has 1 N–H and O–H groups in total. The zero-order chi connectivity index (χ0) is 14.9. The van der Waals surface area contributed by atoms with Crippen LogP contribution in [0, 0.1) is 0 Å². The van der Waals surface area contributed by atoms with Crippen molar-refractivity contribution in [3.05, 3.63) is 47.2 Å². The maximum atomic E-state index is 12.3. The molecule has 1 saturated heterocycles. The maximum Gasteiger partial charge on any atom is 0.265 e. The molecular formula is C16H16N4OS. The van der Waals surface area contributed by atoms with Gasteiger partial charge in [0.05, 0.1) is 0 Å². The van der Waals surface area contributed by atoms with E-state index in [0.29, 0.717) is 5.92 Å². The van der Waals surface area contributed by atoms with Gasteiger partial charge in [0, 0.05) is 37.1 Å². The van der Waals surface area contributed by atoms with Crippen LogP contribution in [-0.2, 0) is 0 Å². The van der Waals surface area contributed by atoms with Crippen molar-refractivity contribution in [3.8, 4) is 0 Å². The zero-order valence-corrected chi connectivity index (χ0v) is 12.8. The third kappa shape index (κ3) is 2.29. The second kappa shape index (κ2) is 5.53. The molecule has 0 atom stereocenters. The second-order valence-electron chi connectivity index (χ2n) is 5.59. The van der Waals surface area contributed by atoms with Crippen molar-refractivity contribution in [2.75, 3.05) is 13.1 Å². The fourth-order valence-corrected chi connectivity index (χ4v) is 3.75. The Morgan fingerprint density at radius 1 is 1.27 bits per heavy atom. The number of fused-ring (bicyclic) bond motifs is 1. The van der Waals surface area contributed by atoms with Gasteiger partial charge >= 0.3 is 0 Å². The molecule has 4 heterocycles. The second-order valence-corrected chi connectivity index (χ2v) is 6.42. The molecule has 1 aliphatic rings. The number of nitrogens with one attached hydrogen (secondary N) is 1. The zero-order valence-electron chi connectivity index (χ0n) is 12.0. The Bertz CT molecular complexity index is 787. The van der Waals surface area contributed by atoms with E-state index in [2.05, 4.69) is 26.6 Å². The van der Waals surface area contributed by atoms with Crippen molar-refractivity contribution in [1.82, 2.24) is 19.2 Å². The van der Waals surface area contributed by atoms with E-state index in [9.17, 15) is 4.79 Å². The van der Waals surface area contributed by atoms with Crippen molar-refractivity contribution in [3.63, 3.8) is 0 Å². The normalized spacial score (nSPS) is 16.3. The molecule has 0 spiro atoms. The van der Waals surface area contributed by atoms with E-state index in [-0.39, 0.29) is 5.91 Å². The Morgan fingerprint density at radius 2 is 2.14 bits per heavy atom. The van der Waals surface area contributed by atoms with Gasteiger partial charge in [-0.2, -0.15) is 0 Å². The van der Waals surface area contributed by atoms with Crippen LogP contribution in [0.5, 0.6) is 0 Å². The highest BCUT2D eigenvalue weighted by molar-refractivity contribution is 7.08. The first-order valence-corrected chi connectivity index (χ1v) is 8.22. The summed E-state index contributed by atoms with van der Waals surface area (Å²) in [5, 5.41) is 1.20. The molecule has 1 amide bonds. The van der Waals surface area contributed by atoms with E-state index in [1.54, 1.807) is 18.5 Å². The molecule has 0 saturated carbocycles. The number of pyridine rings is 1. The molecular weight excluding hydrogens is 296 g/mol. The van der Waals surface area contributed by atoms with Gasteiger partial charge in [0.1, 0.15) is 10.5 Å². The number of likely N-dealkylation sites (tertiary alicyclic amines) is 1. The molecule has 0 radical (unpaired) electrons. The smallest absolute Gasteiger partial charge is 0.265 e. The van der Waals surface area contributed by atoms with E-state index in [4.69, 9.17) is 0 Å². The largest absolute Gasteiger partial charge is 0.346 e. The van der Waals surface area contributed by atoms with Crippen LogP contribution in [0.15, 0.2) is 36.8 Å². The maximum absolute atomic E-state index is 12.3. The van der Waals surface area contributed by atoms with Crippen molar-refractivity contribution >= 4 is 28.5 Å². The lowest BCUT2D eigenvalue weighted by Crippen LogP contribution is -2.37. The molecule has 0 aromatic carbocycles. The molecule has 6 heteroatoms. The summed E-state index contributed by atoms with van der Waals surface area (Å²) in [5.74, 6) is 0.602. The molecule has 4 rings (SSSR count). The first-order valence-electron chi connectivity index (χ1n) is 7.45. The molecule has 5 nitrogen and oxygen atoms in total. The summed E-state index contributed by atoms with van der Waals surface area (Å²) in [6.45, 7) is 1.60. The molecule has 0 bridgehead atoms. The van der Waals surface area contributed by atoms with Gasteiger partial charge in [-0.3, -0.25) is 4.79 Å². The van der Waals surface area contributed by atoms with Gasteiger partial charge in [-0.25, -0.2) is 9.36 Å². The monoisotopic (exact) mass is 312 g/mol. The minimum Gasteiger partial charge on any atom is -0.346 e. The average molecular weight is 312 g/mol. The summed E-state index contributed by atoms with van der Waals surface area (Å²) in [5.41, 5.74) is 2.27. The molecule has 22 heavy (non-hydrogen) atoms. The Hall–Kier alpha value is -2.21. The van der Waals surface area contributed by atoms with Crippen LogP contribution in [0.1, 0.15) is 34.0 Å². The van der Waals surface area contributed by atoms with Crippen LogP contribution >= 0.6 is 11.5 Å². The number of aromatic amines is 1. The fraction of sp³-hybridized carbons (Fsp3) is 0.312. The number of amides is 1. The minimum absolute atomic E-state index is 0.113. The predicted octanol–water partition coefficient (Wildman–Crippen LogP) is 3.04. The summed E-state index contributed by atoms with van der Waals surface area (Å²) in [6.07, 6.45) is 7.55. The van der Waals surface area contributed by atoms with Crippen LogP contribution in [0.4, 0.5) is 0 Å². The number of rotatable bonds is 2. The molecule has 3 aromatic rings. The van der Waals surface area contributed by atoms with Crippen LogP contribution in [0.25, 0.3) is 11.0 Å². The van der Waals surface area contributed by atoms with Crippen molar-refractivity contribution in [1.29, 1.82) is 0 Å². The Labute approximate surface area is 132 Å². The first-order chi connectivity index (χ1) is 10.8. The highest BCUT2D eigenvalue weighted by Crippen LogP contribution is 2.33. The van der Waals surface area contributed by atoms with Gasteiger partial charge in [-0.1, -0.05) is 0 Å². The Kier molecular flexibility index (Phi) is 3.38. The van der Waals surface area contributed by atoms with Gasteiger partial charge in [-0.05, 0) is 54.1 Å². The SMILES string of the molecule is O=C(c1ccns1)N1CCC(c2c[nH]c3ncccc23)CC1. The van der Waals surface area contributed by atoms with E-state index in [0.717, 1.165) is 36.5 Å². The number of nitrogens with zero attached hydrogens (tertiary/aromatic N) is 3. The molecule has 0 aliphatic carbocycles. The van der Waals surface area contributed by atoms with E-state index in [1.807, 2.05) is 11.0 Å². The highest BCUT2D eigenvalue weighted by Gasteiger charge is 2.26. The van der Waals surface area contributed by atoms with Crippen molar-refractivity contribution in [2.24, 2.45) is 0 Å². The quantitative estimate of drug-likeness (QED) is 0.791. The van der Waals surface area contributed by atoms with E-state index in [1.165, 1.54) is 22.5 Å². The highest BCUT2D eigenvalue weighted by atomic mass is 32.1. The number of H-pyrrole nitrogens is 1. The molecule has 1 fully saturated rings. The fourth-order valence-electron chi connectivity index (χ4n) is 3.19. The third-order valence-electron chi connectivity index (χ3n) is 4.35. The molecule has 0 unspecified atom stereocenters. The number of piperidine rings is 1. The Morgan fingerprint density at radius 3 is 2.91 bits per heavy atom. The minimum atomic E-state index is 0.113. The van der Waals surface area contributed by atoms with Crippen LogP contribution in [0.2, 0.25) is 0 Å².